The van der Waals surface area contributed by atoms with E-state index in [4.69, 9.17) is 4.65 Å². The van der Waals surface area contributed by atoms with E-state index >= 15 is 0 Å². The number of hydrogen-bond acceptors (Lipinski definition) is 2. The first-order valence-corrected chi connectivity index (χ1v) is 4.00. The molecule has 0 saturated heterocycles. The molecule has 1 rings (SSSR count). The third-order valence-corrected chi connectivity index (χ3v) is 1.78. The van der Waals surface area contributed by atoms with Crippen LogP contribution in [-0.2, 0) is 4.65 Å². The Morgan fingerprint density at radius 2 is 1.75 bits per heavy atom. The number of benzene rings is 1. The number of rotatable bonds is 3. The van der Waals surface area contributed by atoms with Crippen molar-refractivity contribution in [2.24, 2.45) is 0 Å². The number of hydrogen-bond donors (Lipinski definition) is 0. The molecule has 1 aromatic rings. The van der Waals surface area contributed by atoms with Crippen LogP contribution in [0.4, 0.5) is 0 Å². The molecule has 0 N–H and O–H groups in total. The van der Waals surface area contributed by atoms with Crippen molar-refractivity contribution in [2.45, 2.75) is 0 Å². The lowest BCUT2D eigenvalue weighted by molar-refractivity contribution is 0.376. The van der Waals surface area contributed by atoms with Gasteiger partial charge in [-0.25, -0.2) is 0 Å². The fourth-order valence-corrected chi connectivity index (χ4v) is 1.26. The zero-order valence-electron chi connectivity index (χ0n) is 7.82. The van der Waals surface area contributed by atoms with Gasteiger partial charge in [0.25, 0.3) is 0 Å². The first-order valence-electron chi connectivity index (χ1n) is 4.00. The zero-order chi connectivity index (χ0) is 8.97. The Bertz CT molecular complexity index is 225. The van der Waals surface area contributed by atoms with Gasteiger partial charge in [0.1, 0.15) is 0 Å². The molecule has 0 spiro atoms. The van der Waals surface area contributed by atoms with E-state index in [9.17, 15) is 0 Å². The lowest BCUT2D eigenvalue weighted by atomic mass is 9.72. The van der Waals surface area contributed by atoms with E-state index in [1.165, 1.54) is 5.46 Å². The maximum Gasteiger partial charge on any atom is 0.417 e. The molecule has 64 valence electrons. The largest absolute Gasteiger partial charge is 0.420 e. The third-order valence-electron chi connectivity index (χ3n) is 1.78. The highest BCUT2D eigenvalue weighted by atomic mass is 16.4. The van der Waals surface area contributed by atoms with Crippen molar-refractivity contribution in [1.29, 1.82) is 0 Å². The van der Waals surface area contributed by atoms with Crippen LogP contribution >= 0.6 is 0 Å². The second-order valence-electron chi connectivity index (χ2n) is 2.96. The summed E-state index contributed by atoms with van der Waals surface area (Å²) in [5, 5.41) is 0. The lowest BCUT2D eigenvalue weighted by Crippen LogP contribution is -2.45. The van der Waals surface area contributed by atoms with Crippen LogP contribution in [0.3, 0.4) is 0 Å². The second kappa shape index (κ2) is 4.29. The molecule has 0 amide bonds. The molecule has 3 heteroatoms. The summed E-state index contributed by atoms with van der Waals surface area (Å²) in [5.41, 5.74) is 1.19. The summed E-state index contributed by atoms with van der Waals surface area (Å²) in [4.78, 5) is 2.04. The first kappa shape index (κ1) is 9.29. The highest BCUT2D eigenvalue weighted by molar-refractivity contribution is 6.64. The van der Waals surface area contributed by atoms with Crippen LogP contribution in [-0.4, -0.2) is 33.1 Å². The van der Waals surface area contributed by atoms with Crippen molar-refractivity contribution in [1.82, 2.24) is 4.81 Å². The molecule has 0 aliphatic rings. The molecule has 1 aromatic carbocycles. The minimum Gasteiger partial charge on any atom is -0.420 e. The second-order valence-corrected chi connectivity index (χ2v) is 2.96. The van der Waals surface area contributed by atoms with Crippen LogP contribution in [0.2, 0.25) is 0 Å². The maximum atomic E-state index is 5.32. The van der Waals surface area contributed by atoms with Crippen molar-refractivity contribution in [3.63, 3.8) is 0 Å². The van der Waals surface area contributed by atoms with Gasteiger partial charge >= 0.3 is 7.05 Å². The third kappa shape index (κ3) is 2.09. The normalized spacial score (nSPS) is 10.3. The van der Waals surface area contributed by atoms with Gasteiger partial charge in [0.2, 0.25) is 0 Å². The zero-order valence-corrected chi connectivity index (χ0v) is 7.82. The molecule has 2 nitrogen and oxygen atoms in total. The molecule has 0 bridgehead atoms. The molecular formula is C9H14BNO. The van der Waals surface area contributed by atoms with Crippen molar-refractivity contribution in [3.05, 3.63) is 30.3 Å². The van der Waals surface area contributed by atoms with E-state index in [2.05, 4.69) is 12.1 Å². The van der Waals surface area contributed by atoms with E-state index in [1.807, 2.05) is 37.1 Å². The average Bonchev–Trinajstić information content (AvgIpc) is 2.07. The molecule has 0 aliphatic heterocycles. The maximum absolute atomic E-state index is 5.32. The van der Waals surface area contributed by atoms with E-state index in [0.717, 1.165) is 0 Å². The van der Waals surface area contributed by atoms with E-state index in [1.54, 1.807) is 7.11 Å². The van der Waals surface area contributed by atoms with Gasteiger partial charge in [0, 0.05) is 7.11 Å². The smallest absolute Gasteiger partial charge is 0.417 e. The molecule has 0 heterocycles. The molecule has 0 atom stereocenters. The number of nitrogens with zero attached hydrogens (tertiary/aromatic N) is 1. The summed E-state index contributed by atoms with van der Waals surface area (Å²) in [5.74, 6) is 0. The van der Waals surface area contributed by atoms with Gasteiger partial charge in [0.05, 0.1) is 0 Å². The molecule has 0 radical (unpaired) electrons. The summed E-state index contributed by atoms with van der Waals surface area (Å²) in [6.45, 7) is 0. The van der Waals surface area contributed by atoms with Gasteiger partial charge in [-0.2, -0.15) is 0 Å². The Kier molecular flexibility index (Phi) is 3.32. The molecule has 0 fully saturated rings. The van der Waals surface area contributed by atoms with E-state index in [0.29, 0.717) is 0 Å². The van der Waals surface area contributed by atoms with Gasteiger partial charge in [-0.1, -0.05) is 30.3 Å². The lowest BCUT2D eigenvalue weighted by Gasteiger charge is -2.17. The molecule has 0 aromatic heterocycles. The van der Waals surface area contributed by atoms with Crippen LogP contribution in [0.1, 0.15) is 0 Å². The topological polar surface area (TPSA) is 12.5 Å². The van der Waals surface area contributed by atoms with Gasteiger partial charge < -0.3 is 9.47 Å². The Morgan fingerprint density at radius 1 is 1.17 bits per heavy atom. The SMILES string of the molecule is COB(c1ccccc1)N(C)C. The molecule has 12 heavy (non-hydrogen) atoms. The van der Waals surface area contributed by atoms with Crippen molar-refractivity contribution in [2.75, 3.05) is 21.2 Å². The highest BCUT2D eigenvalue weighted by Crippen LogP contribution is 1.91. The average molecular weight is 163 g/mol. The summed E-state index contributed by atoms with van der Waals surface area (Å²) in [6, 6.07) is 10.2. The standard InChI is InChI=1S/C9H14BNO/c1-11(2)10(12-3)9-7-5-4-6-8-9/h4-8H,1-3H3. The highest BCUT2D eigenvalue weighted by Gasteiger charge is 2.19. The summed E-state index contributed by atoms with van der Waals surface area (Å²) >= 11 is 0. The molecule has 0 aliphatic carbocycles. The van der Waals surface area contributed by atoms with Crippen LogP contribution in [0.5, 0.6) is 0 Å². The van der Waals surface area contributed by atoms with Gasteiger partial charge in [-0.15, -0.1) is 0 Å². The van der Waals surface area contributed by atoms with Gasteiger partial charge in [-0.05, 0) is 19.6 Å². The van der Waals surface area contributed by atoms with Gasteiger partial charge in [-0.3, -0.25) is 0 Å². The minimum atomic E-state index is 0.0613. The fourth-order valence-electron chi connectivity index (χ4n) is 1.26. The monoisotopic (exact) mass is 163 g/mol. The Hall–Kier alpha value is -0.795. The Labute approximate surface area is 74.3 Å². The fraction of sp³-hybridized carbons (Fsp3) is 0.333. The molecule has 0 saturated carbocycles. The Balaban J connectivity index is 2.80. The molecular weight excluding hydrogens is 149 g/mol. The van der Waals surface area contributed by atoms with Crippen LogP contribution < -0.4 is 5.46 Å². The van der Waals surface area contributed by atoms with Crippen molar-refractivity contribution < 1.29 is 4.65 Å². The van der Waals surface area contributed by atoms with Gasteiger partial charge in [0.15, 0.2) is 0 Å². The first-order chi connectivity index (χ1) is 5.75. The van der Waals surface area contributed by atoms with E-state index < -0.39 is 0 Å². The predicted octanol–water partition coefficient (Wildman–Crippen LogP) is 0.590. The summed E-state index contributed by atoms with van der Waals surface area (Å²) in [6.07, 6.45) is 0. The quantitative estimate of drug-likeness (QED) is 0.604. The predicted molar refractivity (Wildman–Crippen MR) is 52.5 cm³/mol. The van der Waals surface area contributed by atoms with Crippen LogP contribution in [0.25, 0.3) is 0 Å². The molecule has 0 unspecified atom stereocenters. The summed E-state index contributed by atoms with van der Waals surface area (Å²) in [7, 11) is 5.78. The van der Waals surface area contributed by atoms with Crippen molar-refractivity contribution >= 4 is 12.5 Å². The van der Waals surface area contributed by atoms with Crippen molar-refractivity contribution in [3.8, 4) is 0 Å². The van der Waals surface area contributed by atoms with E-state index in [-0.39, 0.29) is 7.05 Å². The minimum absolute atomic E-state index is 0.0613. The van der Waals surface area contributed by atoms with Crippen LogP contribution in [0.15, 0.2) is 30.3 Å². The Morgan fingerprint density at radius 3 is 2.17 bits per heavy atom. The summed E-state index contributed by atoms with van der Waals surface area (Å²) < 4.78 is 5.32. The van der Waals surface area contributed by atoms with Crippen LogP contribution in [0, 0.1) is 0 Å².